The van der Waals surface area contributed by atoms with Crippen molar-refractivity contribution >= 4 is 5.97 Å². The van der Waals surface area contributed by atoms with Gasteiger partial charge in [0.2, 0.25) is 0 Å². The molecule has 56 valence electrons. The highest BCUT2D eigenvalue weighted by atomic mass is 16.5. The van der Waals surface area contributed by atoms with Crippen LogP contribution in [0.1, 0.15) is 20.8 Å². The second-order valence-corrected chi connectivity index (χ2v) is 2.31. The predicted molar refractivity (Wildman–Crippen MR) is 39.0 cm³/mol. The van der Waals surface area contributed by atoms with Gasteiger partial charge in [0.15, 0.2) is 0 Å². The van der Waals surface area contributed by atoms with Crippen molar-refractivity contribution in [1.82, 2.24) is 0 Å². The fraction of sp³-hybridized carbons (Fsp3) is 0.714. The van der Waals surface area contributed by atoms with Gasteiger partial charge in [-0.2, -0.15) is 0 Å². The minimum absolute atomic E-state index is 0.100. The van der Waals surface area contributed by atoms with Crippen LogP contribution in [0.25, 0.3) is 4.85 Å². The van der Waals surface area contributed by atoms with E-state index in [0.717, 1.165) is 0 Å². The van der Waals surface area contributed by atoms with Gasteiger partial charge in [0.25, 0.3) is 6.57 Å². The summed E-state index contributed by atoms with van der Waals surface area (Å²) in [5.74, 6) is -0.377. The SMILES string of the molecule is C#[N+][C@@H](C)C(=O)OC(C)C. The number of ether oxygens (including phenoxy) is 1. The Hall–Kier alpha value is -1.04. The molecule has 3 heteroatoms. The topological polar surface area (TPSA) is 30.7 Å². The van der Waals surface area contributed by atoms with Gasteiger partial charge in [-0.1, -0.05) is 4.85 Å². The van der Waals surface area contributed by atoms with Gasteiger partial charge in [0.1, 0.15) is 0 Å². The number of hydrogen-bond acceptors (Lipinski definition) is 2. The van der Waals surface area contributed by atoms with Crippen molar-refractivity contribution < 1.29 is 9.53 Å². The van der Waals surface area contributed by atoms with E-state index in [0.29, 0.717) is 0 Å². The van der Waals surface area contributed by atoms with Gasteiger partial charge < -0.3 is 4.74 Å². The number of hydrogen-bond donors (Lipinski definition) is 0. The van der Waals surface area contributed by atoms with E-state index in [1.807, 2.05) is 0 Å². The minimum Gasteiger partial charge on any atom is -0.457 e. The Bertz CT molecular complexity index is 157. The van der Waals surface area contributed by atoms with Crippen LogP contribution in [0, 0.1) is 6.57 Å². The second kappa shape index (κ2) is 3.89. The van der Waals surface area contributed by atoms with Gasteiger partial charge in [-0.25, -0.2) is 4.79 Å². The lowest BCUT2D eigenvalue weighted by Gasteiger charge is -2.04. The van der Waals surface area contributed by atoms with E-state index in [-0.39, 0.29) is 12.1 Å². The van der Waals surface area contributed by atoms with Crippen LogP contribution in [0.3, 0.4) is 0 Å². The van der Waals surface area contributed by atoms with Crippen LogP contribution < -0.4 is 0 Å². The third-order valence-electron chi connectivity index (χ3n) is 0.917. The summed E-state index contributed by atoms with van der Waals surface area (Å²) >= 11 is 0. The van der Waals surface area contributed by atoms with Crippen molar-refractivity contribution in [2.45, 2.75) is 32.9 Å². The largest absolute Gasteiger partial charge is 0.457 e. The molecule has 0 heterocycles. The number of rotatable bonds is 2. The molecule has 0 aromatic heterocycles. The zero-order valence-corrected chi connectivity index (χ0v) is 6.50. The highest BCUT2D eigenvalue weighted by molar-refractivity contribution is 5.77. The molecule has 1 atom stereocenters. The summed E-state index contributed by atoms with van der Waals surface area (Å²) in [7, 11) is 0. The van der Waals surface area contributed by atoms with Crippen molar-refractivity contribution in [1.29, 1.82) is 0 Å². The smallest absolute Gasteiger partial charge is 0.394 e. The Kier molecular flexibility index (Phi) is 3.48. The normalized spacial score (nSPS) is 12.3. The van der Waals surface area contributed by atoms with Gasteiger partial charge in [0.05, 0.1) is 6.10 Å². The molecule has 0 fully saturated rings. The average molecular weight is 142 g/mol. The van der Waals surface area contributed by atoms with Crippen LogP contribution in [0.5, 0.6) is 0 Å². The summed E-state index contributed by atoms with van der Waals surface area (Å²) in [5, 5.41) is 0. The molecule has 0 N–H and O–H groups in total. The Morgan fingerprint density at radius 2 is 2.00 bits per heavy atom. The molecule has 0 rings (SSSR count). The molecule has 0 bridgehead atoms. The summed E-state index contributed by atoms with van der Waals surface area (Å²) in [5.41, 5.74) is 0. The van der Waals surface area contributed by atoms with Gasteiger partial charge in [-0.3, -0.25) is 0 Å². The van der Waals surface area contributed by atoms with E-state index in [9.17, 15) is 4.79 Å². The summed E-state index contributed by atoms with van der Waals surface area (Å²) in [6.45, 7) is 10.0. The fourth-order valence-corrected chi connectivity index (χ4v) is 0.392. The summed E-state index contributed by atoms with van der Waals surface area (Å²) < 4.78 is 4.79. The molecule has 0 saturated carbocycles. The van der Waals surface area contributed by atoms with Gasteiger partial charge >= 0.3 is 12.0 Å². The lowest BCUT2D eigenvalue weighted by molar-refractivity contribution is -0.147. The first kappa shape index (κ1) is 8.96. The maximum atomic E-state index is 10.8. The van der Waals surface area contributed by atoms with Crippen molar-refractivity contribution in [2.75, 3.05) is 0 Å². The molecule has 0 radical (unpaired) electrons. The first-order chi connectivity index (χ1) is 4.57. The van der Waals surface area contributed by atoms with Crippen LogP contribution in [-0.2, 0) is 9.53 Å². The molecule has 0 spiro atoms. The fourth-order valence-electron chi connectivity index (χ4n) is 0.392. The van der Waals surface area contributed by atoms with Crippen LogP contribution >= 0.6 is 0 Å². The molecule has 0 aromatic carbocycles. The van der Waals surface area contributed by atoms with Crippen LogP contribution in [-0.4, -0.2) is 18.1 Å². The lowest BCUT2D eigenvalue weighted by atomic mass is 10.3. The molecule has 3 nitrogen and oxygen atoms in total. The minimum atomic E-state index is -0.553. The van der Waals surface area contributed by atoms with Gasteiger partial charge in [-0.15, -0.1) is 0 Å². The van der Waals surface area contributed by atoms with Crippen molar-refractivity contribution in [3.05, 3.63) is 4.85 Å². The van der Waals surface area contributed by atoms with Gasteiger partial charge in [-0.05, 0) is 13.8 Å². The predicted octanol–water partition coefficient (Wildman–Crippen LogP) is 1.29. The molecular weight excluding hydrogens is 130 g/mol. The molecule has 0 aliphatic carbocycles. The Morgan fingerprint density at radius 1 is 1.50 bits per heavy atom. The first-order valence-corrected chi connectivity index (χ1v) is 3.18. The molecule has 0 aliphatic heterocycles. The molecule has 0 amide bonds. The summed E-state index contributed by atoms with van der Waals surface area (Å²) in [6, 6.07) is -0.553. The summed E-state index contributed by atoms with van der Waals surface area (Å²) in [4.78, 5) is 14.1. The van der Waals surface area contributed by atoms with Gasteiger partial charge in [0, 0.05) is 6.92 Å². The standard InChI is InChI=1S/C7H12NO2/c1-5(2)10-7(9)6(3)8-4/h4-6H,1-3H3/q+1/t6-/m0/s1. The van der Waals surface area contributed by atoms with Crippen molar-refractivity contribution in [3.63, 3.8) is 0 Å². The quantitative estimate of drug-likeness (QED) is 0.544. The number of nitrogens with zero attached hydrogens (tertiary/aromatic N) is 1. The molecule has 0 aliphatic rings. The number of carbonyl (C=O) groups excluding carboxylic acids is 1. The van der Waals surface area contributed by atoms with E-state index in [1.165, 1.54) is 0 Å². The maximum absolute atomic E-state index is 10.8. The van der Waals surface area contributed by atoms with Crippen LogP contribution in [0.2, 0.25) is 0 Å². The highest BCUT2D eigenvalue weighted by Crippen LogP contribution is 1.96. The number of esters is 1. The molecule has 10 heavy (non-hydrogen) atoms. The maximum Gasteiger partial charge on any atom is 0.394 e. The van der Waals surface area contributed by atoms with E-state index >= 15 is 0 Å². The van der Waals surface area contributed by atoms with E-state index in [1.54, 1.807) is 20.8 Å². The molecular formula is C7H12NO2+. The highest BCUT2D eigenvalue weighted by Gasteiger charge is 2.22. The Morgan fingerprint density at radius 3 is 2.30 bits per heavy atom. The monoisotopic (exact) mass is 142 g/mol. The van der Waals surface area contributed by atoms with Crippen LogP contribution in [0.15, 0.2) is 0 Å². The zero-order chi connectivity index (χ0) is 8.15. The zero-order valence-electron chi connectivity index (χ0n) is 6.50. The average Bonchev–Trinajstić information content (AvgIpc) is 1.85. The van der Waals surface area contributed by atoms with E-state index < -0.39 is 6.04 Å². The Labute approximate surface area is 60.8 Å². The molecule has 0 aromatic rings. The third-order valence-corrected chi connectivity index (χ3v) is 0.917. The molecule has 0 unspecified atom stereocenters. The second-order valence-electron chi connectivity index (χ2n) is 2.31. The Balaban J connectivity index is 3.76. The van der Waals surface area contributed by atoms with Crippen molar-refractivity contribution in [3.8, 4) is 6.57 Å². The number of carbonyl (C=O) groups is 1. The van der Waals surface area contributed by atoms with Crippen molar-refractivity contribution in [2.24, 2.45) is 0 Å². The summed E-state index contributed by atoms with van der Waals surface area (Å²) in [6.07, 6.45) is -0.100. The van der Waals surface area contributed by atoms with E-state index in [2.05, 4.69) is 4.85 Å². The molecule has 0 saturated heterocycles. The third kappa shape index (κ3) is 3.08. The van der Waals surface area contributed by atoms with E-state index in [4.69, 9.17) is 11.3 Å². The lowest BCUT2D eigenvalue weighted by Crippen LogP contribution is -2.20. The van der Waals surface area contributed by atoms with Crippen LogP contribution in [0.4, 0.5) is 0 Å². The first-order valence-electron chi connectivity index (χ1n) is 3.18.